The van der Waals surface area contributed by atoms with Gasteiger partial charge < -0.3 is 10.4 Å². The second kappa shape index (κ2) is 5.05. The second-order valence-corrected chi connectivity index (χ2v) is 4.82. The van der Waals surface area contributed by atoms with Crippen molar-refractivity contribution in [3.8, 4) is 6.07 Å². The number of aromatic nitrogens is 1. The third kappa shape index (κ3) is 2.77. The monoisotopic (exact) mass is 245 g/mol. The quantitative estimate of drug-likeness (QED) is 0.828. The summed E-state index contributed by atoms with van der Waals surface area (Å²) in [5.74, 6) is -0.746. The molecule has 0 bridgehead atoms. The molecule has 1 aliphatic rings. The molecule has 1 aromatic heterocycles. The summed E-state index contributed by atoms with van der Waals surface area (Å²) in [6.07, 6.45) is 4.77. The maximum Gasteiger partial charge on any atom is 0.303 e. The highest BCUT2D eigenvalue weighted by Gasteiger charge is 2.38. The van der Waals surface area contributed by atoms with Crippen molar-refractivity contribution in [3.63, 3.8) is 0 Å². The number of carboxylic acid groups (broad SMARTS) is 1. The summed E-state index contributed by atoms with van der Waals surface area (Å²) in [5, 5.41) is 20.9. The molecular formula is C13H15N3O2. The third-order valence-electron chi connectivity index (χ3n) is 3.48. The van der Waals surface area contributed by atoms with E-state index in [4.69, 9.17) is 10.4 Å². The SMILES string of the molecule is N#Cc1cc(NCC2(CC(=O)O)CCC2)ccn1. The van der Waals surface area contributed by atoms with Crippen LogP contribution in [0.5, 0.6) is 0 Å². The molecular weight excluding hydrogens is 230 g/mol. The Balaban J connectivity index is 1.97. The van der Waals surface area contributed by atoms with Crippen molar-refractivity contribution in [1.82, 2.24) is 4.98 Å². The number of nitrogens with one attached hydrogen (secondary N) is 1. The number of aliphatic carboxylic acids is 1. The van der Waals surface area contributed by atoms with Gasteiger partial charge in [0.1, 0.15) is 11.8 Å². The molecule has 0 radical (unpaired) electrons. The minimum atomic E-state index is -0.746. The highest BCUT2D eigenvalue weighted by atomic mass is 16.4. The maximum absolute atomic E-state index is 10.8. The van der Waals surface area contributed by atoms with E-state index in [1.165, 1.54) is 0 Å². The van der Waals surface area contributed by atoms with Gasteiger partial charge in [-0.05, 0) is 30.4 Å². The van der Waals surface area contributed by atoms with Crippen molar-refractivity contribution in [3.05, 3.63) is 24.0 Å². The van der Waals surface area contributed by atoms with Crippen molar-refractivity contribution < 1.29 is 9.90 Å². The fraction of sp³-hybridized carbons (Fsp3) is 0.462. The summed E-state index contributed by atoms with van der Waals surface area (Å²) in [6, 6.07) is 5.44. The Morgan fingerprint density at radius 2 is 2.39 bits per heavy atom. The Hall–Kier alpha value is -2.09. The predicted molar refractivity (Wildman–Crippen MR) is 66.0 cm³/mol. The first-order valence-corrected chi connectivity index (χ1v) is 5.95. The zero-order valence-electron chi connectivity index (χ0n) is 10.0. The lowest BCUT2D eigenvalue weighted by Gasteiger charge is -2.41. The van der Waals surface area contributed by atoms with Crippen LogP contribution in [0.2, 0.25) is 0 Å². The summed E-state index contributed by atoms with van der Waals surface area (Å²) in [4.78, 5) is 14.7. The zero-order chi connectivity index (χ0) is 13.0. The Kier molecular flexibility index (Phi) is 3.47. The summed E-state index contributed by atoms with van der Waals surface area (Å²) in [5.41, 5.74) is 1.06. The van der Waals surface area contributed by atoms with E-state index in [1.807, 2.05) is 6.07 Å². The molecule has 94 valence electrons. The molecule has 0 saturated heterocycles. The molecule has 18 heavy (non-hydrogen) atoms. The van der Waals surface area contributed by atoms with Crippen molar-refractivity contribution in [2.75, 3.05) is 11.9 Å². The number of rotatable bonds is 5. The summed E-state index contributed by atoms with van der Waals surface area (Å²) < 4.78 is 0. The number of nitriles is 1. The van der Waals surface area contributed by atoms with Crippen LogP contribution in [0.4, 0.5) is 5.69 Å². The van der Waals surface area contributed by atoms with Gasteiger partial charge in [-0.2, -0.15) is 5.26 Å². The Bertz CT molecular complexity index is 489. The first kappa shape index (κ1) is 12.4. The molecule has 0 aliphatic heterocycles. The number of carbonyl (C=O) groups is 1. The molecule has 0 aromatic carbocycles. The van der Waals surface area contributed by atoms with Crippen LogP contribution in [-0.4, -0.2) is 22.6 Å². The van der Waals surface area contributed by atoms with Crippen LogP contribution in [0, 0.1) is 16.7 Å². The molecule has 0 amide bonds. The van der Waals surface area contributed by atoms with Gasteiger partial charge in [0.2, 0.25) is 0 Å². The number of hydrogen-bond acceptors (Lipinski definition) is 4. The average Bonchev–Trinajstić information content (AvgIpc) is 2.32. The summed E-state index contributed by atoms with van der Waals surface area (Å²) in [6.45, 7) is 0.633. The first-order valence-electron chi connectivity index (χ1n) is 5.95. The van der Waals surface area contributed by atoms with Gasteiger partial charge in [0, 0.05) is 18.4 Å². The minimum absolute atomic E-state index is 0.123. The van der Waals surface area contributed by atoms with Crippen LogP contribution in [0.1, 0.15) is 31.4 Å². The highest BCUT2D eigenvalue weighted by molar-refractivity contribution is 5.68. The fourth-order valence-electron chi connectivity index (χ4n) is 2.30. The summed E-state index contributed by atoms with van der Waals surface area (Å²) >= 11 is 0. The van der Waals surface area contributed by atoms with Crippen molar-refractivity contribution in [2.24, 2.45) is 5.41 Å². The van der Waals surface area contributed by atoms with Gasteiger partial charge in [-0.1, -0.05) is 6.42 Å². The number of carboxylic acids is 1. The lowest BCUT2D eigenvalue weighted by Crippen LogP contribution is -2.38. The molecule has 0 atom stereocenters. The van der Waals surface area contributed by atoms with Crippen LogP contribution >= 0.6 is 0 Å². The van der Waals surface area contributed by atoms with Gasteiger partial charge in [-0.15, -0.1) is 0 Å². The fourth-order valence-corrected chi connectivity index (χ4v) is 2.30. The summed E-state index contributed by atoms with van der Waals surface area (Å²) in [7, 11) is 0. The van der Waals surface area contributed by atoms with Crippen LogP contribution < -0.4 is 5.32 Å². The molecule has 1 aliphatic carbocycles. The smallest absolute Gasteiger partial charge is 0.303 e. The van der Waals surface area contributed by atoms with Crippen molar-refractivity contribution >= 4 is 11.7 Å². The topological polar surface area (TPSA) is 86.0 Å². The van der Waals surface area contributed by atoms with Crippen LogP contribution in [0.25, 0.3) is 0 Å². The Labute approximate surface area is 105 Å². The molecule has 5 nitrogen and oxygen atoms in total. The number of anilines is 1. The number of nitrogens with zero attached hydrogens (tertiary/aromatic N) is 2. The van der Waals surface area contributed by atoms with Gasteiger partial charge in [0.05, 0.1) is 6.42 Å². The third-order valence-corrected chi connectivity index (χ3v) is 3.48. The molecule has 0 spiro atoms. The van der Waals surface area contributed by atoms with Crippen molar-refractivity contribution in [1.29, 1.82) is 5.26 Å². The molecule has 1 aromatic rings. The predicted octanol–water partition coefficient (Wildman–Crippen LogP) is 2.01. The van der Waals surface area contributed by atoms with Gasteiger partial charge in [-0.25, -0.2) is 4.98 Å². The van der Waals surface area contributed by atoms with E-state index in [0.717, 1.165) is 24.9 Å². The first-order chi connectivity index (χ1) is 8.63. The van der Waals surface area contributed by atoms with Gasteiger partial charge in [-0.3, -0.25) is 4.79 Å². The van der Waals surface area contributed by atoms with Gasteiger partial charge >= 0.3 is 5.97 Å². The lowest BCUT2D eigenvalue weighted by molar-refractivity contribution is -0.141. The lowest BCUT2D eigenvalue weighted by atomic mass is 9.66. The molecule has 1 fully saturated rings. The average molecular weight is 245 g/mol. The molecule has 2 rings (SSSR count). The number of hydrogen-bond donors (Lipinski definition) is 2. The normalized spacial score (nSPS) is 16.4. The Morgan fingerprint density at radius 1 is 1.61 bits per heavy atom. The van der Waals surface area contributed by atoms with E-state index in [2.05, 4.69) is 10.3 Å². The molecule has 1 heterocycles. The molecule has 1 saturated carbocycles. The van der Waals surface area contributed by atoms with E-state index in [-0.39, 0.29) is 11.8 Å². The van der Waals surface area contributed by atoms with E-state index in [0.29, 0.717) is 12.2 Å². The van der Waals surface area contributed by atoms with E-state index in [9.17, 15) is 4.79 Å². The van der Waals surface area contributed by atoms with E-state index >= 15 is 0 Å². The van der Waals surface area contributed by atoms with E-state index < -0.39 is 5.97 Å². The maximum atomic E-state index is 10.8. The molecule has 2 N–H and O–H groups in total. The standard InChI is InChI=1S/C13H15N3O2/c14-8-11-6-10(2-5-15-11)16-9-13(3-1-4-13)7-12(17)18/h2,5-6H,1,3-4,7,9H2,(H,15,16)(H,17,18). The van der Waals surface area contributed by atoms with Crippen molar-refractivity contribution in [2.45, 2.75) is 25.7 Å². The van der Waals surface area contributed by atoms with E-state index in [1.54, 1.807) is 18.3 Å². The highest BCUT2D eigenvalue weighted by Crippen LogP contribution is 2.43. The van der Waals surface area contributed by atoms with Gasteiger partial charge in [0.25, 0.3) is 0 Å². The molecule has 0 unspecified atom stereocenters. The number of pyridine rings is 1. The molecule has 5 heteroatoms. The second-order valence-electron chi connectivity index (χ2n) is 4.82. The zero-order valence-corrected chi connectivity index (χ0v) is 10.0. The largest absolute Gasteiger partial charge is 0.481 e. The van der Waals surface area contributed by atoms with Gasteiger partial charge in [0.15, 0.2) is 0 Å². The minimum Gasteiger partial charge on any atom is -0.481 e. The van der Waals surface area contributed by atoms with Crippen LogP contribution in [0.3, 0.4) is 0 Å². The Morgan fingerprint density at radius 3 is 2.94 bits per heavy atom. The van der Waals surface area contributed by atoms with Crippen LogP contribution in [0.15, 0.2) is 18.3 Å². The van der Waals surface area contributed by atoms with Crippen LogP contribution in [-0.2, 0) is 4.79 Å².